The summed E-state index contributed by atoms with van der Waals surface area (Å²) in [6.07, 6.45) is 0. The van der Waals surface area contributed by atoms with Crippen LogP contribution in [0.4, 0.5) is 34.1 Å². The molecule has 0 saturated carbocycles. The van der Waals surface area contributed by atoms with Crippen LogP contribution in [0.5, 0.6) is 5.75 Å². The first kappa shape index (κ1) is 32.4. The Morgan fingerprint density at radius 3 is 2.09 bits per heavy atom. The molecule has 0 fully saturated rings. The molecular weight excluding hydrogens is 665 g/mol. The SMILES string of the molecule is [C-]#[N+]c1ccc(N=Nc2ccc(N=Nc3c(SOOO)cc4cc(S(=O)(=O)O)c(N)cc4c3O)c3cc(S(=O)(=O)O)ccc23)cc1. The summed E-state index contributed by atoms with van der Waals surface area (Å²) < 4.78 is 71.0. The summed E-state index contributed by atoms with van der Waals surface area (Å²) in [5, 5.41) is 40.7. The van der Waals surface area contributed by atoms with Crippen molar-refractivity contribution in [3.63, 3.8) is 0 Å². The van der Waals surface area contributed by atoms with Gasteiger partial charge in [-0.2, -0.15) is 21.9 Å². The number of benzene rings is 5. The molecule has 6 N–H and O–H groups in total. The van der Waals surface area contributed by atoms with Gasteiger partial charge in [0.2, 0.25) is 0 Å². The monoisotopic (exact) mass is 682 g/mol. The lowest BCUT2D eigenvalue weighted by atomic mass is 10.1. The highest BCUT2D eigenvalue weighted by Crippen LogP contribution is 2.46. The smallest absolute Gasteiger partial charge is 0.296 e. The van der Waals surface area contributed by atoms with Crippen molar-refractivity contribution in [3.05, 3.63) is 84.2 Å². The molecule has 0 amide bonds. The van der Waals surface area contributed by atoms with Crippen molar-refractivity contribution in [1.29, 1.82) is 0 Å². The van der Waals surface area contributed by atoms with Gasteiger partial charge in [0, 0.05) is 16.2 Å². The molecule has 0 atom stereocenters. The van der Waals surface area contributed by atoms with E-state index in [-0.39, 0.29) is 43.8 Å². The average molecular weight is 683 g/mol. The maximum atomic E-state index is 11.9. The van der Waals surface area contributed by atoms with Gasteiger partial charge in [0.15, 0.2) is 11.4 Å². The lowest BCUT2D eigenvalue weighted by molar-refractivity contribution is -0.432. The molecule has 0 spiro atoms. The number of anilines is 1. The number of fused-ring (bicyclic) bond motifs is 2. The number of hydrogen-bond donors (Lipinski definition) is 5. The van der Waals surface area contributed by atoms with E-state index in [1.165, 1.54) is 24.3 Å². The maximum absolute atomic E-state index is 11.9. The molecule has 0 unspecified atom stereocenters. The van der Waals surface area contributed by atoms with Crippen LogP contribution in [0.15, 0.2) is 108 Å². The van der Waals surface area contributed by atoms with Crippen LogP contribution < -0.4 is 5.73 Å². The third-order valence-corrected chi connectivity index (χ3v) is 8.74. The Kier molecular flexibility index (Phi) is 8.97. The number of nitrogen functional groups attached to an aromatic ring is 1. The quantitative estimate of drug-likeness (QED) is 0.0192. The van der Waals surface area contributed by atoms with Crippen molar-refractivity contribution in [1.82, 2.24) is 0 Å². The minimum absolute atomic E-state index is 0.00632. The van der Waals surface area contributed by atoms with E-state index in [2.05, 4.69) is 34.7 Å². The lowest BCUT2D eigenvalue weighted by Gasteiger charge is -2.11. The van der Waals surface area contributed by atoms with Gasteiger partial charge in [-0.15, -0.1) is 19.7 Å². The second-order valence-electron chi connectivity index (χ2n) is 9.20. The Morgan fingerprint density at radius 2 is 1.46 bits per heavy atom. The van der Waals surface area contributed by atoms with Gasteiger partial charge >= 0.3 is 0 Å². The number of azo groups is 2. The molecule has 0 aliphatic heterocycles. The van der Waals surface area contributed by atoms with Crippen LogP contribution in [0.1, 0.15) is 0 Å². The molecular formula is C27H18N6O10S3. The van der Waals surface area contributed by atoms with Gasteiger partial charge in [-0.25, -0.2) is 10.1 Å². The summed E-state index contributed by atoms with van der Waals surface area (Å²) in [4.78, 5) is 2.19. The minimum Gasteiger partial charge on any atom is -0.505 e. The normalized spacial score (nSPS) is 12.4. The van der Waals surface area contributed by atoms with Gasteiger partial charge in [0.05, 0.1) is 51.2 Å². The van der Waals surface area contributed by atoms with Gasteiger partial charge in [0.1, 0.15) is 10.6 Å². The zero-order valence-corrected chi connectivity index (χ0v) is 25.2. The van der Waals surface area contributed by atoms with Gasteiger partial charge in [0.25, 0.3) is 20.2 Å². The third kappa shape index (κ3) is 6.79. The largest absolute Gasteiger partial charge is 0.505 e. The van der Waals surface area contributed by atoms with Crippen molar-refractivity contribution >= 4 is 87.9 Å². The highest BCUT2D eigenvalue weighted by atomic mass is 32.2. The predicted molar refractivity (Wildman–Crippen MR) is 165 cm³/mol. The Hall–Kier alpha value is -5.04. The average Bonchev–Trinajstić information content (AvgIpc) is 3.01. The summed E-state index contributed by atoms with van der Waals surface area (Å²) in [5.41, 5.74) is 6.34. The minimum atomic E-state index is -4.72. The predicted octanol–water partition coefficient (Wildman–Crippen LogP) is 7.58. The van der Waals surface area contributed by atoms with Crippen LogP contribution in [-0.2, 0) is 29.6 Å². The Labute approximate surface area is 263 Å². The molecule has 16 nitrogen and oxygen atoms in total. The molecule has 0 saturated heterocycles. The standard InChI is InChI=1S/C27H18N6O10S3/c1-29-15-2-4-16(5-3-15)30-31-22-8-9-23(20-12-17(45(36,37)38)6-7-18(20)22)32-33-26-24(44-43-42-35)10-14-11-25(46(39,40)41)21(28)13-19(14)27(26)34/h2-13,34-35H,28H2,(H,36,37,38)(H,39,40,41). The summed E-state index contributed by atoms with van der Waals surface area (Å²) in [6, 6.07) is 16.3. The molecule has 0 radical (unpaired) electrons. The molecule has 19 heteroatoms. The van der Waals surface area contributed by atoms with Crippen molar-refractivity contribution in [2.24, 2.45) is 20.5 Å². The fourth-order valence-corrected chi connectivity index (χ4v) is 5.90. The molecule has 0 aromatic heterocycles. The van der Waals surface area contributed by atoms with Gasteiger partial charge < -0.3 is 10.8 Å². The van der Waals surface area contributed by atoms with Gasteiger partial charge in [-0.05, 0) is 60.0 Å². The van der Waals surface area contributed by atoms with E-state index >= 15 is 0 Å². The van der Waals surface area contributed by atoms with E-state index in [1.54, 1.807) is 24.3 Å². The maximum Gasteiger partial charge on any atom is 0.296 e. The topological polar surface area (TPSA) is 247 Å². The zero-order chi connectivity index (χ0) is 33.2. The fourth-order valence-electron chi connectivity index (χ4n) is 4.27. The van der Waals surface area contributed by atoms with Crippen LogP contribution in [0.25, 0.3) is 26.4 Å². The second kappa shape index (κ2) is 12.8. The number of nitrogens with zero attached hydrogens (tertiary/aromatic N) is 5. The van der Waals surface area contributed by atoms with E-state index in [9.17, 15) is 31.0 Å². The summed E-state index contributed by atoms with van der Waals surface area (Å²) in [5.74, 6) is -0.559. The number of phenolic OH excluding ortho intramolecular Hbond substituents is 1. The van der Waals surface area contributed by atoms with Crippen LogP contribution in [0.2, 0.25) is 0 Å². The van der Waals surface area contributed by atoms with Crippen LogP contribution in [0.3, 0.4) is 0 Å². The molecule has 46 heavy (non-hydrogen) atoms. The van der Waals surface area contributed by atoms with E-state index < -0.39 is 35.8 Å². The first-order valence-corrected chi connectivity index (χ1v) is 16.0. The molecule has 5 aromatic rings. The Balaban J connectivity index is 1.66. The Morgan fingerprint density at radius 1 is 0.783 bits per heavy atom. The molecule has 0 heterocycles. The zero-order valence-electron chi connectivity index (χ0n) is 22.7. The number of aromatic hydroxyl groups is 1. The van der Waals surface area contributed by atoms with Crippen molar-refractivity contribution in [3.8, 4) is 5.75 Å². The van der Waals surface area contributed by atoms with E-state index in [0.717, 1.165) is 24.3 Å². The molecule has 5 aromatic carbocycles. The van der Waals surface area contributed by atoms with Crippen LogP contribution >= 0.6 is 12.0 Å². The van der Waals surface area contributed by atoms with Crippen molar-refractivity contribution in [2.45, 2.75) is 14.7 Å². The van der Waals surface area contributed by atoms with E-state index in [4.69, 9.17) is 17.6 Å². The second-order valence-corrected chi connectivity index (χ2v) is 12.8. The summed E-state index contributed by atoms with van der Waals surface area (Å²) >= 11 is 0.362. The molecule has 5 rings (SSSR count). The Bertz CT molecular complexity index is 2340. The first-order chi connectivity index (χ1) is 21.8. The van der Waals surface area contributed by atoms with E-state index in [0.29, 0.717) is 28.8 Å². The summed E-state index contributed by atoms with van der Waals surface area (Å²) in [6.45, 7) is 7.06. The van der Waals surface area contributed by atoms with Crippen molar-refractivity contribution in [2.75, 3.05) is 5.73 Å². The van der Waals surface area contributed by atoms with Crippen LogP contribution in [0, 0.1) is 6.57 Å². The number of phenols is 1. The molecule has 0 aliphatic carbocycles. The van der Waals surface area contributed by atoms with E-state index in [1.807, 2.05) is 0 Å². The number of rotatable bonds is 9. The fraction of sp³-hybridized carbons (Fsp3) is 0. The summed E-state index contributed by atoms with van der Waals surface area (Å²) in [7, 11) is -9.36. The van der Waals surface area contributed by atoms with Crippen LogP contribution in [-0.4, -0.2) is 36.3 Å². The molecule has 234 valence electrons. The highest BCUT2D eigenvalue weighted by Gasteiger charge is 2.21. The number of nitrogens with two attached hydrogens (primary N) is 1. The highest BCUT2D eigenvalue weighted by molar-refractivity contribution is 7.94. The van der Waals surface area contributed by atoms with Gasteiger partial charge in [-0.1, -0.05) is 23.2 Å². The van der Waals surface area contributed by atoms with Crippen molar-refractivity contribution < 1.29 is 45.7 Å². The molecule has 0 aliphatic rings. The molecule has 0 bridgehead atoms. The van der Waals surface area contributed by atoms with Gasteiger partial charge in [-0.3, -0.25) is 9.11 Å². The lowest BCUT2D eigenvalue weighted by Crippen LogP contribution is -2.03. The first-order valence-electron chi connectivity index (χ1n) is 12.4. The number of hydrogen-bond acceptors (Lipinski definition) is 14. The third-order valence-electron chi connectivity index (χ3n) is 6.36.